The number of unbranched alkanes of at least 4 members (excludes halogenated alkanes) is 1. The summed E-state index contributed by atoms with van der Waals surface area (Å²) in [4.78, 5) is 10.9. The van der Waals surface area contributed by atoms with E-state index < -0.39 is 0 Å². The molecular weight excluding hydrogens is 394 g/mol. The van der Waals surface area contributed by atoms with Gasteiger partial charge in [0.15, 0.2) is 0 Å². The van der Waals surface area contributed by atoms with Crippen molar-refractivity contribution in [2.24, 2.45) is 0 Å². The second-order valence-electron chi connectivity index (χ2n) is 7.43. The van der Waals surface area contributed by atoms with E-state index in [4.69, 9.17) is 20.3 Å². The molecule has 1 aromatic heterocycles. The Morgan fingerprint density at radius 1 is 1.16 bits per heavy atom. The lowest BCUT2D eigenvalue weighted by Crippen LogP contribution is -2.15. The number of anilines is 2. The van der Waals surface area contributed by atoms with Crippen molar-refractivity contribution >= 4 is 11.8 Å². The third kappa shape index (κ3) is 8.98. The topological polar surface area (TPSA) is 106 Å². The largest absolute Gasteiger partial charge is 0.496 e. The van der Waals surface area contributed by atoms with Crippen molar-refractivity contribution in [2.45, 2.75) is 39.5 Å². The highest BCUT2D eigenvalue weighted by Crippen LogP contribution is 2.29. The van der Waals surface area contributed by atoms with Crippen LogP contribution in [0.25, 0.3) is 0 Å². The fourth-order valence-electron chi connectivity index (χ4n) is 3.08. The van der Waals surface area contributed by atoms with Gasteiger partial charge in [-0.2, -0.15) is 4.98 Å². The lowest BCUT2D eigenvalue weighted by Gasteiger charge is -2.16. The van der Waals surface area contributed by atoms with Gasteiger partial charge in [0.25, 0.3) is 0 Å². The van der Waals surface area contributed by atoms with Gasteiger partial charge in [-0.25, -0.2) is 4.98 Å². The fourth-order valence-corrected chi connectivity index (χ4v) is 3.08. The molecule has 1 aromatic carbocycles. The van der Waals surface area contributed by atoms with E-state index in [9.17, 15) is 0 Å². The number of hydrogen-bond donors (Lipinski definition) is 3. The van der Waals surface area contributed by atoms with Gasteiger partial charge >= 0.3 is 0 Å². The van der Waals surface area contributed by atoms with E-state index in [-0.39, 0.29) is 0 Å². The van der Waals surface area contributed by atoms with Crippen LogP contribution in [-0.4, -0.2) is 68.0 Å². The Bertz CT molecular complexity index is 784. The van der Waals surface area contributed by atoms with E-state index >= 15 is 0 Å². The monoisotopic (exact) mass is 433 g/mol. The average molecular weight is 434 g/mol. The van der Waals surface area contributed by atoms with Crippen LogP contribution < -0.4 is 20.5 Å². The number of nitrogens with one attached hydrogen (secondary N) is 1. The number of ether oxygens (including phenoxy) is 2. The zero-order valence-corrected chi connectivity index (χ0v) is 19.9. The quantitative estimate of drug-likeness (QED) is 0.439. The molecule has 0 radical (unpaired) electrons. The number of nitrogens with two attached hydrogens (primary N) is 1. The highest BCUT2D eigenvalue weighted by molar-refractivity contribution is 5.53. The molecule has 0 unspecified atom stereocenters. The summed E-state index contributed by atoms with van der Waals surface area (Å²) in [6, 6.07) is 5.99. The summed E-state index contributed by atoms with van der Waals surface area (Å²) in [7, 11) is 6.81. The van der Waals surface area contributed by atoms with Crippen LogP contribution in [0.5, 0.6) is 11.5 Å². The summed E-state index contributed by atoms with van der Waals surface area (Å²) < 4.78 is 11.5. The SMILES string of the molecule is CCCCNc1nc(N)nc(C)c1Cc1ccc(OCCCN(C)C)cc1OC.CO. The van der Waals surface area contributed by atoms with Crippen molar-refractivity contribution in [2.75, 3.05) is 59.1 Å². The lowest BCUT2D eigenvalue weighted by molar-refractivity contribution is 0.280. The average Bonchev–Trinajstić information content (AvgIpc) is 2.75. The van der Waals surface area contributed by atoms with E-state index in [2.05, 4.69) is 41.2 Å². The van der Waals surface area contributed by atoms with Gasteiger partial charge < -0.3 is 30.5 Å². The van der Waals surface area contributed by atoms with Crippen molar-refractivity contribution in [3.05, 3.63) is 35.0 Å². The molecule has 0 atom stereocenters. The summed E-state index contributed by atoms with van der Waals surface area (Å²) >= 11 is 0. The second kappa shape index (κ2) is 14.4. The van der Waals surface area contributed by atoms with Crippen molar-refractivity contribution in [3.8, 4) is 11.5 Å². The highest BCUT2D eigenvalue weighted by Gasteiger charge is 2.14. The molecule has 1 heterocycles. The number of aryl methyl sites for hydroxylation is 1. The molecule has 31 heavy (non-hydrogen) atoms. The van der Waals surface area contributed by atoms with Crippen LogP contribution in [-0.2, 0) is 6.42 Å². The lowest BCUT2D eigenvalue weighted by atomic mass is 10.0. The number of nitrogens with zero attached hydrogens (tertiary/aromatic N) is 3. The zero-order valence-electron chi connectivity index (χ0n) is 19.9. The van der Waals surface area contributed by atoms with Crippen molar-refractivity contribution in [3.63, 3.8) is 0 Å². The molecule has 0 saturated heterocycles. The number of aromatic nitrogens is 2. The number of aliphatic hydroxyl groups is 1. The van der Waals surface area contributed by atoms with Crippen LogP contribution in [0.4, 0.5) is 11.8 Å². The molecule has 0 amide bonds. The van der Waals surface area contributed by atoms with Gasteiger partial charge in [0.05, 0.1) is 13.7 Å². The van der Waals surface area contributed by atoms with Gasteiger partial charge in [0.1, 0.15) is 17.3 Å². The predicted molar refractivity (Wildman–Crippen MR) is 127 cm³/mol. The van der Waals surface area contributed by atoms with Crippen molar-refractivity contribution < 1.29 is 14.6 Å². The Labute approximate surface area is 186 Å². The first-order chi connectivity index (χ1) is 14.9. The standard InChI is InChI=1S/C22H35N5O2.CH4O/c1-6-7-11-24-21-19(16(2)25-22(23)26-21)14-17-9-10-18(15-20(17)28-5)29-13-8-12-27(3)4;1-2/h9-10,15H,6-8,11-14H2,1-5H3,(H3,23,24,25,26);2H,1H3. The number of aliphatic hydroxyl groups excluding tert-OH is 1. The summed E-state index contributed by atoms with van der Waals surface area (Å²) in [6.07, 6.45) is 3.83. The van der Waals surface area contributed by atoms with Gasteiger partial charge in [-0.3, -0.25) is 0 Å². The highest BCUT2D eigenvalue weighted by atomic mass is 16.5. The Kier molecular flexibility index (Phi) is 12.3. The number of nitrogen functional groups attached to an aromatic ring is 1. The van der Waals surface area contributed by atoms with Gasteiger partial charge in [-0.05, 0) is 45.5 Å². The van der Waals surface area contributed by atoms with Crippen LogP contribution in [0.1, 0.15) is 43.0 Å². The maximum absolute atomic E-state index is 7.00. The van der Waals surface area contributed by atoms with E-state index in [0.29, 0.717) is 19.0 Å². The Morgan fingerprint density at radius 2 is 1.90 bits per heavy atom. The van der Waals surface area contributed by atoms with E-state index in [0.717, 1.165) is 73.6 Å². The minimum atomic E-state index is 0.290. The third-order valence-corrected chi connectivity index (χ3v) is 4.70. The molecule has 0 fully saturated rings. The summed E-state index contributed by atoms with van der Waals surface area (Å²) in [5, 5.41) is 10.4. The third-order valence-electron chi connectivity index (χ3n) is 4.70. The van der Waals surface area contributed by atoms with Crippen LogP contribution in [0.2, 0.25) is 0 Å². The van der Waals surface area contributed by atoms with Gasteiger partial charge in [-0.15, -0.1) is 0 Å². The molecule has 0 aliphatic heterocycles. The number of benzene rings is 1. The van der Waals surface area contributed by atoms with Crippen LogP contribution in [0, 0.1) is 6.92 Å². The van der Waals surface area contributed by atoms with Crippen molar-refractivity contribution in [1.82, 2.24) is 14.9 Å². The number of hydrogen-bond acceptors (Lipinski definition) is 8. The summed E-state index contributed by atoms with van der Waals surface area (Å²) in [6.45, 7) is 6.66. The zero-order chi connectivity index (χ0) is 23.2. The number of rotatable bonds is 12. The molecule has 0 aliphatic rings. The predicted octanol–water partition coefficient (Wildman–Crippen LogP) is 3.12. The van der Waals surface area contributed by atoms with E-state index in [1.54, 1.807) is 7.11 Å². The normalized spacial score (nSPS) is 10.5. The number of methoxy groups -OCH3 is 1. The smallest absolute Gasteiger partial charge is 0.222 e. The molecular formula is C23H39N5O3. The van der Waals surface area contributed by atoms with Crippen LogP contribution in [0.3, 0.4) is 0 Å². The minimum absolute atomic E-state index is 0.290. The molecule has 4 N–H and O–H groups in total. The molecule has 0 saturated carbocycles. The molecule has 0 spiro atoms. The maximum atomic E-state index is 7.00. The Hall–Kier alpha value is -2.58. The van der Waals surface area contributed by atoms with Gasteiger partial charge in [0, 0.05) is 43.9 Å². The van der Waals surface area contributed by atoms with Crippen LogP contribution in [0.15, 0.2) is 18.2 Å². The van der Waals surface area contributed by atoms with Crippen molar-refractivity contribution in [1.29, 1.82) is 0 Å². The summed E-state index contributed by atoms with van der Waals surface area (Å²) in [5.74, 6) is 2.70. The second-order valence-corrected chi connectivity index (χ2v) is 7.43. The Balaban J connectivity index is 0.00000233. The summed E-state index contributed by atoms with van der Waals surface area (Å²) in [5.41, 5.74) is 8.84. The first-order valence-electron chi connectivity index (χ1n) is 10.7. The van der Waals surface area contributed by atoms with E-state index in [1.807, 2.05) is 25.1 Å². The van der Waals surface area contributed by atoms with Gasteiger partial charge in [-0.1, -0.05) is 19.4 Å². The van der Waals surface area contributed by atoms with E-state index in [1.165, 1.54) is 0 Å². The molecule has 2 rings (SSSR count). The van der Waals surface area contributed by atoms with Gasteiger partial charge in [0.2, 0.25) is 5.95 Å². The molecule has 174 valence electrons. The van der Waals surface area contributed by atoms with Crippen LogP contribution >= 0.6 is 0 Å². The first-order valence-corrected chi connectivity index (χ1v) is 10.7. The molecule has 0 bridgehead atoms. The minimum Gasteiger partial charge on any atom is -0.496 e. The molecule has 2 aromatic rings. The maximum Gasteiger partial charge on any atom is 0.222 e. The molecule has 8 heteroatoms. The molecule has 8 nitrogen and oxygen atoms in total. The first kappa shape index (κ1) is 26.5. The fraction of sp³-hybridized carbons (Fsp3) is 0.565. The Morgan fingerprint density at radius 3 is 2.55 bits per heavy atom. The molecule has 0 aliphatic carbocycles.